The highest BCUT2D eigenvalue weighted by Gasteiger charge is 2.45. The van der Waals surface area contributed by atoms with Crippen LogP contribution in [0, 0.1) is 13.8 Å². The zero-order chi connectivity index (χ0) is 23.9. The van der Waals surface area contributed by atoms with Gasteiger partial charge >= 0.3 is 12.0 Å². The van der Waals surface area contributed by atoms with E-state index in [1.807, 2.05) is 29.7 Å². The zero-order valence-electron chi connectivity index (χ0n) is 18.9. The molecule has 174 valence electrons. The molecule has 1 N–H and O–H groups in total. The highest BCUT2D eigenvalue weighted by Crippen LogP contribution is 2.33. The first-order valence-corrected chi connectivity index (χ1v) is 10.5. The van der Waals surface area contributed by atoms with E-state index in [-0.39, 0.29) is 0 Å². The van der Waals surface area contributed by atoms with Crippen LogP contribution in [0.3, 0.4) is 0 Å². The number of carbonyl (C=O) groups is 4. The van der Waals surface area contributed by atoms with Crippen molar-refractivity contribution < 1.29 is 33.4 Å². The molecule has 0 spiro atoms. The molecule has 0 radical (unpaired) electrons. The second-order valence-corrected chi connectivity index (χ2v) is 8.48. The van der Waals surface area contributed by atoms with Gasteiger partial charge in [0, 0.05) is 28.7 Å². The number of hydrogen-bond donors (Lipinski definition) is 1. The fraction of sp³-hybridized carbons (Fsp3) is 0.391. The van der Waals surface area contributed by atoms with Gasteiger partial charge in [-0.2, -0.15) is 0 Å². The molecule has 10 nitrogen and oxygen atoms in total. The van der Waals surface area contributed by atoms with Crippen LogP contribution in [0.25, 0.3) is 5.69 Å². The Morgan fingerprint density at radius 2 is 1.79 bits per heavy atom. The molecule has 1 aromatic heterocycles. The lowest BCUT2D eigenvalue weighted by Gasteiger charge is -2.20. The van der Waals surface area contributed by atoms with E-state index in [2.05, 4.69) is 5.32 Å². The molecule has 0 unspecified atom stereocenters. The van der Waals surface area contributed by atoms with Gasteiger partial charge in [-0.1, -0.05) is 0 Å². The second-order valence-electron chi connectivity index (χ2n) is 8.48. The van der Waals surface area contributed by atoms with E-state index < -0.39 is 42.4 Å². The van der Waals surface area contributed by atoms with Gasteiger partial charge in [0.25, 0.3) is 5.91 Å². The van der Waals surface area contributed by atoms with Crippen molar-refractivity contribution in [2.45, 2.75) is 33.2 Å². The summed E-state index contributed by atoms with van der Waals surface area (Å²) in [6, 6.07) is 6.60. The SMILES string of the molecule is Cc1cc(C(=O)COC(=O)CN2C(=O)NC(C)(C)C2=O)c(C)n1-c1ccc2c(c1)OCCO2. The first-order chi connectivity index (χ1) is 15.6. The maximum absolute atomic E-state index is 12.8. The number of amides is 3. The Kier molecular flexibility index (Phi) is 5.61. The van der Waals surface area contributed by atoms with Crippen LogP contribution in [0.1, 0.15) is 35.6 Å². The van der Waals surface area contributed by atoms with Crippen molar-refractivity contribution in [1.29, 1.82) is 0 Å². The third-order valence-corrected chi connectivity index (χ3v) is 5.61. The third kappa shape index (κ3) is 4.15. The fourth-order valence-electron chi connectivity index (χ4n) is 3.97. The molecule has 0 aliphatic carbocycles. The summed E-state index contributed by atoms with van der Waals surface area (Å²) in [5, 5.41) is 2.48. The van der Waals surface area contributed by atoms with Crippen molar-refractivity contribution in [2.24, 2.45) is 0 Å². The number of rotatable bonds is 6. The molecule has 3 amide bonds. The quantitative estimate of drug-likeness (QED) is 0.402. The van der Waals surface area contributed by atoms with Crippen LogP contribution in [0.4, 0.5) is 4.79 Å². The minimum Gasteiger partial charge on any atom is -0.486 e. The van der Waals surface area contributed by atoms with E-state index in [0.29, 0.717) is 36.0 Å². The molecule has 0 bridgehead atoms. The summed E-state index contributed by atoms with van der Waals surface area (Å²) < 4.78 is 18.2. The highest BCUT2D eigenvalue weighted by atomic mass is 16.6. The number of urea groups is 1. The minimum absolute atomic E-state index is 0.391. The summed E-state index contributed by atoms with van der Waals surface area (Å²) in [4.78, 5) is 49.8. The second kappa shape index (κ2) is 8.27. The number of nitrogens with zero attached hydrogens (tertiary/aromatic N) is 2. The van der Waals surface area contributed by atoms with Crippen LogP contribution in [0.5, 0.6) is 11.5 Å². The molecule has 10 heteroatoms. The maximum atomic E-state index is 12.8. The van der Waals surface area contributed by atoms with Crippen molar-refractivity contribution in [3.05, 3.63) is 41.2 Å². The van der Waals surface area contributed by atoms with Crippen molar-refractivity contribution in [1.82, 2.24) is 14.8 Å². The van der Waals surface area contributed by atoms with E-state index >= 15 is 0 Å². The standard InChI is InChI=1S/C23H25N3O7/c1-13-9-16(14(2)26(13)15-5-6-18-19(10-15)32-8-7-31-18)17(27)12-33-20(28)11-25-21(29)23(3,4)24-22(25)30/h5-6,9-10H,7-8,11-12H2,1-4H3,(H,24,30). The summed E-state index contributed by atoms with van der Waals surface area (Å²) in [5.74, 6) is -0.456. The van der Waals surface area contributed by atoms with Crippen LogP contribution in [0.15, 0.2) is 24.3 Å². The van der Waals surface area contributed by atoms with Gasteiger partial charge in [-0.25, -0.2) is 4.79 Å². The summed E-state index contributed by atoms with van der Waals surface area (Å²) in [6.45, 7) is 6.66. The average molecular weight is 455 g/mol. The molecule has 0 atom stereocenters. The molecule has 1 saturated heterocycles. The predicted octanol–water partition coefficient (Wildman–Crippen LogP) is 1.92. The predicted molar refractivity (Wildman–Crippen MR) is 116 cm³/mol. The molecule has 1 fully saturated rings. The smallest absolute Gasteiger partial charge is 0.326 e. The Morgan fingerprint density at radius 3 is 2.45 bits per heavy atom. The number of hydrogen-bond acceptors (Lipinski definition) is 7. The van der Waals surface area contributed by atoms with E-state index in [1.165, 1.54) is 0 Å². The Bertz CT molecular complexity index is 1170. The molecule has 3 heterocycles. The number of Topliss-reactive ketones (excluding diaryl/α,β-unsaturated/α-hetero) is 1. The summed E-state index contributed by atoms with van der Waals surface area (Å²) in [5.41, 5.74) is 1.64. The van der Waals surface area contributed by atoms with Gasteiger partial charge < -0.3 is 24.1 Å². The number of fused-ring (bicyclic) bond motifs is 1. The van der Waals surface area contributed by atoms with E-state index in [4.69, 9.17) is 14.2 Å². The van der Waals surface area contributed by atoms with E-state index in [9.17, 15) is 19.2 Å². The van der Waals surface area contributed by atoms with E-state index in [1.54, 1.807) is 26.8 Å². The molecule has 0 saturated carbocycles. The maximum Gasteiger partial charge on any atom is 0.326 e. The Balaban J connectivity index is 1.44. The van der Waals surface area contributed by atoms with Gasteiger partial charge in [0.05, 0.1) is 0 Å². The van der Waals surface area contributed by atoms with Crippen molar-refractivity contribution in [3.8, 4) is 17.2 Å². The van der Waals surface area contributed by atoms with Crippen LogP contribution in [-0.2, 0) is 14.3 Å². The monoisotopic (exact) mass is 455 g/mol. The van der Waals surface area contributed by atoms with Crippen molar-refractivity contribution in [3.63, 3.8) is 0 Å². The molecular formula is C23H25N3O7. The first kappa shape index (κ1) is 22.4. The number of esters is 1. The summed E-state index contributed by atoms with van der Waals surface area (Å²) in [7, 11) is 0. The van der Waals surface area contributed by atoms with Crippen LogP contribution in [-0.4, -0.2) is 65.1 Å². The van der Waals surface area contributed by atoms with Gasteiger partial charge in [0.15, 0.2) is 18.1 Å². The Hall–Kier alpha value is -3.82. The lowest BCUT2D eigenvalue weighted by molar-refractivity contribution is -0.146. The summed E-state index contributed by atoms with van der Waals surface area (Å²) in [6.07, 6.45) is 0. The van der Waals surface area contributed by atoms with Gasteiger partial charge in [0.1, 0.15) is 25.3 Å². The zero-order valence-corrected chi connectivity index (χ0v) is 18.9. The summed E-state index contributed by atoms with van der Waals surface area (Å²) >= 11 is 0. The molecule has 4 rings (SSSR count). The topological polar surface area (TPSA) is 116 Å². The first-order valence-electron chi connectivity index (χ1n) is 10.5. The van der Waals surface area contributed by atoms with Crippen molar-refractivity contribution >= 4 is 23.7 Å². The number of carbonyl (C=O) groups excluding carboxylic acids is 4. The number of aryl methyl sites for hydroxylation is 1. The number of aromatic nitrogens is 1. The van der Waals surface area contributed by atoms with E-state index in [0.717, 1.165) is 16.3 Å². The molecule has 1 aromatic carbocycles. The molecule has 2 aliphatic heterocycles. The van der Waals surface area contributed by atoms with Crippen LogP contribution in [0.2, 0.25) is 0 Å². The van der Waals surface area contributed by atoms with Crippen LogP contribution < -0.4 is 14.8 Å². The number of benzene rings is 1. The largest absolute Gasteiger partial charge is 0.486 e. The molecule has 2 aliphatic rings. The van der Waals surface area contributed by atoms with Gasteiger partial charge in [-0.05, 0) is 45.9 Å². The number of ketones is 1. The van der Waals surface area contributed by atoms with Gasteiger partial charge in [0.2, 0.25) is 5.78 Å². The minimum atomic E-state index is -1.08. The molecule has 33 heavy (non-hydrogen) atoms. The van der Waals surface area contributed by atoms with Crippen molar-refractivity contribution in [2.75, 3.05) is 26.4 Å². The normalized spacial score (nSPS) is 16.5. The Labute approximate surface area is 190 Å². The number of ether oxygens (including phenoxy) is 3. The van der Waals surface area contributed by atoms with Gasteiger partial charge in [-0.15, -0.1) is 0 Å². The lowest BCUT2D eigenvalue weighted by Crippen LogP contribution is -2.41. The average Bonchev–Trinajstić information content (AvgIpc) is 3.17. The number of imide groups is 1. The number of nitrogens with one attached hydrogen (secondary N) is 1. The highest BCUT2D eigenvalue weighted by molar-refractivity contribution is 6.08. The molecular weight excluding hydrogens is 430 g/mol. The van der Waals surface area contributed by atoms with Crippen LogP contribution >= 0.6 is 0 Å². The molecule has 2 aromatic rings. The lowest BCUT2D eigenvalue weighted by atomic mass is 10.1. The third-order valence-electron chi connectivity index (χ3n) is 5.61. The Morgan fingerprint density at radius 1 is 1.09 bits per heavy atom. The van der Waals surface area contributed by atoms with Gasteiger partial charge in [-0.3, -0.25) is 19.3 Å². The fourth-order valence-corrected chi connectivity index (χ4v) is 3.97.